The molecule has 0 bridgehead atoms. The highest BCUT2D eigenvalue weighted by atomic mass is 16.5. The van der Waals surface area contributed by atoms with Gasteiger partial charge < -0.3 is 4.74 Å². The van der Waals surface area contributed by atoms with Crippen LogP contribution in [0.2, 0.25) is 0 Å². The fourth-order valence-electron chi connectivity index (χ4n) is 6.40. The number of hydrogen-bond acceptors (Lipinski definition) is 7. The van der Waals surface area contributed by atoms with E-state index >= 15 is 0 Å². The third-order valence-electron chi connectivity index (χ3n) is 8.79. The van der Waals surface area contributed by atoms with Gasteiger partial charge in [-0.1, -0.05) is 86.1 Å². The normalized spacial score (nSPS) is 20.3. The Balaban J connectivity index is 1.21. The van der Waals surface area contributed by atoms with Crippen molar-refractivity contribution in [3.63, 3.8) is 0 Å². The minimum absolute atomic E-state index is 0.0283. The predicted molar refractivity (Wildman–Crippen MR) is 173 cm³/mol. The zero-order valence-corrected chi connectivity index (χ0v) is 25.8. The largest absolute Gasteiger partial charge is 0.490 e. The fraction of sp³-hybridized carbons (Fsp3) is 0.324. The van der Waals surface area contributed by atoms with Crippen molar-refractivity contribution in [2.75, 3.05) is 0 Å². The van der Waals surface area contributed by atoms with Gasteiger partial charge in [0.15, 0.2) is 11.6 Å². The van der Waals surface area contributed by atoms with Gasteiger partial charge >= 0.3 is 5.76 Å². The second-order valence-electron chi connectivity index (χ2n) is 12.0. The molecule has 3 atom stereocenters. The molecule has 45 heavy (non-hydrogen) atoms. The van der Waals surface area contributed by atoms with Crippen molar-refractivity contribution in [2.24, 2.45) is 10.9 Å². The molecule has 8 nitrogen and oxygen atoms in total. The van der Waals surface area contributed by atoms with Gasteiger partial charge in [0.25, 0.3) is 0 Å². The number of ketones is 2. The Labute approximate surface area is 262 Å². The molecule has 0 amide bonds. The minimum atomic E-state index is -0.600. The summed E-state index contributed by atoms with van der Waals surface area (Å²) in [5.74, 6) is 0.508. The van der Waals surface area contributed by atoms with Gasteiger partial charge in [0, 0.05) is 41.3 Å². The second kappa shape index (κ2) is 13.0. The lowest BCUT2D eigenvalue weighted by Gasteiger charge is -2.27. The Kier molecular flexibility index (Phi) is 8.74. The number of ether oxygens (including phenoxy) is 1. The molecule has 1 fully saturated rings. The number of nitrogens with one attached hydrogen (secondary N) is 1. The maximum atomic E-state index is 14.1. The maximum Gasteiger partial charge on any atom is 0.439 e. The zero-order valence-electron chi connectivity index (χ0n) is 25.8. The van der Waals surface area contributed by atoms with E-state index in [-0.39, 0.29) is 17.8 Å². The lowest BCUT2D eigenvalue weighted by Crippen LogP contribution is -2.30. The average molecular weight is 604 g/mol. The summed E-state index contributed by atoms with van der Waals surface area (Å²) in [5, 5.41) is 3.86. The molecule has 0 spiro atoms. The van der Waals surface area contributed by atoms with E-state index in [1.807, 2.05) is 86.6 Å². The fourth-order valence-corrected chi connectivity index (χ4v) is 6.40. The van der Waals surface area contributed by atoms with E-state index in [9.17, 15) is 14.4 Å². The number of allylic oxidation sites excluding steroid dienone is 2. The van der Waals surface area contributed by atoms with E-state index < -0.39 is 11.7 Å². The minimum Gasteiger partial charge on any atom is -0.490 e. The SMILES string of the molecule is CCCC1=C(Cc2ccc(-c3ccccc3-c3noc(=O)[nH]3)cc2)C(=O)C(c2ccc(OC3CCC(=O)C(C)C3)cc2)C(C)=N1. The molecular formula is C37H37N3O5. The van der Waals surface area contributed by atoms with Crippen LogP contribution in [0.15, 0.2) is 98.4 Å². The molecule has 1 aromatic heterocycles. The molecule has 2 aliphatic rings. The molecule has 0 saturated heterocycles. The van der Waals surface area contributed by atoms with Gasteiger partial charge in [-0.15, -0.1) is 0 Å². The summed E-state index contributed by atoms with van der Waals surface area (Å²) in [6.45, 7) is 6.00. The second-order valence-corrected chi connectivity index (χ2v) is 12.0. The van der Waals surface area contributed by atoms with Crippen LogP contribution >= 0.6 is 0 Å². The molecule has 1 aliphatic carbocycles. The van der Waals surface area contributed by atoms with Crippen molar-refractivity contribution in [1.82, 2.24) is 10.1 Å². The van der Waals surface area contributed by atoms with E-state index in [2.05, 4.69) is 17.1 Å². The van der Waals surface area contributed by atoms with E-state index in [1.165, 1.54) is 0 Å². The Morgan fingerprint density at radius 1 is 0.956 bits per heavy atom. The number of benzene rings is 3. The number of hydrogen-bond donors (Lipinski definition) is 1. The standard InChI is InChI=1S/C37H37N3O5/c1-4-7-32-31(21-24-10-12-25(13-11-24)29-8-5-6-9-30(29)36-39-37(43)45-40-36)35(42)34(23(3)38-32)26-14-16-27(17-15-26)44-28-18-19-33(41)22(2)20-28/h5-6,8-17,22,28,34H,4,7,18-21H2,1-3H3,(H,39,40,43). The van der Waals surface area contributed by atoms with E-state index in [1.54, 1.807) is 0 Å². The van der Waals surface area contributed by atoms with Crippen LogP contribution in [0, 0.1) is 5.92 Å². The van der Waals surface area contributed by atoms with E-state index in [0.717, 1.165) is 76.2 Å². The van der Waals surface area contributed by atoms with Crippen LogP contribution in [0.25, 0.3) is 22.5 Å². The molecule has 1 saturated carbocycles. The van der Waals surface area contributed by atoms with Gasteiger partial charge in [-0.2, -0.15) is 0 Å². The molecule has 6 rings (SSSR count). The van der Waals surface area contributed by atoms with Crippen molar-refractivity contribution in [1.29, 1.82) is 0 Å². The Hall–Kier alpha value is -4.85. The Morgan fingerprint density at radius 3 is 2.36 bits per heavy atom. The first-order chi connectivity index (χ1) is 21.8. The van der Waals surface area contributed by atoms with Crippen LogP contribution in [-0.4, -0.2) is 33.5 Å². The molecule has 1 N–H and O–H groups in total. The number of nitrogens with zero attached hydrogens (tertiary/aromatic N) is 2. The Bertz CT molecular complexity index is 1830. The molecule has 0 radical (unpaired) electrons. The molecular weight excluding hydrogens is 566 g/mol. The molecule has 2 heterocycles. The number of carbonyl (C=O) groups excluding carboxylic acids is 2. The first kappa shape index (κ1) is 30.2. The van der Waals surface area contributed by atoms with Crippen molar-refractivity contribution >= 4 is 17.3 Å². The van der Waals surface area contributed by atoms with Crippen LogP contribution < -0.4 is 10.5 Å². The van der Waals surface area contributed by atoms with Crippen molar-refractivity contribution in [3.05, 3.63) is 106 Å². The van der Waals surface area contributed by atoms with E-state index in [0.29, 0.717) is 24.4 Å². The van der Waals surface area contributed by atoms with Crippen LogP contribution in [0.3, 0.4) is 0 Å². The predicted octanol–water partition coefficient (Wildman–Crippen LogP) is 7.26. The first-order valence-corrected chi connectivity index (χ1v) is 15.7. The quantitative estimate of drug-likeness (QED) is 0.215. The van der Waals surface area contributed by atoms with Crippen LogP contribution in [-0.2, 0) is 16.0 Å². The van der Waals surface area contributed by atoms with Gasteiger partial charge in [-0.3, -0.25) is 24.1 Å². The van der Waals surface area contributed by atoms with Gasteiger partial charge in [0.2, 0.25) is 0 Å². The highest BCUT2D eigenvalue weighted by molar-refractivity contribution is 6.18. The molecule has 3 unspecified atom stereocenters. The highest BCUT2D eigenvalue weighted by Crippen LogP contribution is 2.35. The van der Waals surface area contributed by atoms with Crippen molar-refractivity contribution in [2.45, 2.75) is 71.3 Å². The summed E-state index contributed by atoms with van der Waals surface area (Å²) >= 11 is 0. The smallest absolute Gasteiger partial charge is 0.439 e. The number of aromatic amines is 1. The zero-order chi connectivity index (χ0) is 31.5. The summed E-state index contributed by atoms with van der Waals surface area (Å²) in [7, 11) is 0. The summed E-state index contributed by atoms with van der Waals surface area (Å²) in [6, 6.07) is 23.6. The molecule has 4 aromatic rings. The van der Waals surface area contributed by atoms with Crippen LogP contribution in [0.4, 0.5) is 0 Å². The lowest BCUT2D eigenvalue weighted by atomic mass is 9.81. The van der Waals surface area contributed by atoms with Crippen LogP contribution in [0.5, 0.6) is 5.75 Å². The van der Waals surface area contributed by atoms with Gasteiger partial charge in [0.05, 0.1) is 12.0 Å². The topological polar surface area (TPSA) is 115 Å². The lowest BCUT2D eigenvalue weighted by molar-refractivity contribution is -0.125. The number of carbonyl (C=O) groups is 2. The Morgan fingerprint density at radius 2 is 1.69 bits per heavy atom. The number of aromatic nitrogens is 2. The van der Waals surface area contributed by atoms with Gasteiger partial charge in [0.1, 0.15) is 11.5 Å². The number of aliphatic imine (C=N–C) groups is 1. The first-order valence-electron chi connectivity index (χ1n) is 15.7. The van der Waals surface area contributed by atoms with E-state index in [4.69, 9.17) is 14.3 Å². The van der Waals surface area contributed by atoms with Gasteiger partial charge in [-0.05, 0) is 60.6 Å². The third kappa shape index (κ3) is 6.50. The monoisotopic (exact) mass is 603 g/mol. The maximum absolute atomic E-state index is 14.1. The number of rotatable bonds is 9. The summed E-state index contributed by atoms with van der Waals surface area (Å²) in [5.41, 5.74) is 6.96. The van der Waals surface area contributed by atoms with Crippen molar-refractivity contribution < 1.29 is 18.8 Å². The van der Waals surface area contributed by atoms with Gasteiger partial charge in [-0.25, -0.2) is 4.79 Å². The molecule has 230 valence electrons. The number of H-pyrrole nitrogens is 1. The summed E-state index contributed by atoms with van der Waals surface area (Å²) < 4.78 is 10.9. The highest BCUT2D eigenvalue weighted by Gasteiger charge is 2.32. The van der Waals surface area contributed by atoms with Crippen LogP contribution in [0.1, 0.15) is 69.9 Å². The molecule has 8 heteroatoms. The number of Topliss-reactive ketones (excluding diaryl/α,β-unsaturated/α-hetero) is 2. The molecule has 3 aromatic carbocycles. The molecule has 1 aliphatic heterocycles. The van der Waals surface area contributed by atoms with Crippen molar-refractivity contribution in [3.8, 4) is 28.3 Å². The summed E-state index contributed by atoms with van der Waals surface area (Å²) in [6.07, 6.45) is 4.18. The third-order valence-corrected chi connectivity index (χ3v) is 8.79. The average Bonchev–Trinajstić information content (AvgIpc) is 3.48. The summed E-state index contributed by atoms with van der Waals surface area (Å²) in [4.78, 5) is 45.2.